The molecule has 1 N–H and O–H groups in total. The van der Waals surface area contributed by atoms with Crippen molar-refractivity contribution >= 4 is 22.8 Å². The third-order valence-corrected chi connectivity index (χ3v) is 4.45. The van der Waals surface area contributed by atoms with Gasteiger partial charge in [0.1, 0.15) is 11.4 Å². The number of methoxy groups -OCH3 is 1. The zero-order valence-electron chi connectivity index (χ0n) is 13.9. The van der Waals surface area contributed by atoms with Crippen LogP contribution in [0.25, 0.3) is 33.8 Å². The van der Waals surface area contributed by atoms with Gasteiger partial charge in [0, 0.05) is 5.56 Å². The summed E-state index contributed by atoms with van der Waals surface area (Å²) < 4.78 is 5.22. The van der Waals surface area contributed by atoms with Crippen molar-refractivity contribution in [3.8, 4) is 28.5 Å². The molecule has 2 heterocycles. The third-order valence-electron chi connectivity index (χ3n) is 3.91. The molecule has 4 rings (SSSR count). The minimum absolute atomic E-state index is 0.712. The largest absolute Gasteiger partial charge is 0.497 e. The van der Waals surface area contributed by atoms with E-state index in [1.165, 1.54) is 11.8 Å². The van der Waals surface area contributed by atoms with E-state index in [-0.39, 0.29) is 0 Å². The molecule has 0 saturated heterocycles. The van der Waals surface area contributed by atoms with Crippen LogP contribution in [0, 0.1) is 0 Å². The average molecular weight is 348 g/mol. The number of aromatic amines is 1. The van der Waals surface area contributed by atoms with Crippen molar-refractivity contribution in [3.63, 3.8) is 0 Å². The first-order valence-electron chi connectivity index (χ1n) is 7.79. The standard InChI is InChI=1S/C19H16N4OS/c1-24-13-9-7-12(8-10-13)16-11-17(23-19(22-16)25-2)18-20-14-5-3-4-6-15(14)21-18/h3-11H,1-2H3,(H,20,21). The number of para-hydroxylation sites is 2. The Labute approximate surface area is 149 Å². The van der Waals surface area contributed by atoms with Crippen LogP contribution in [0.5, 0.6) is 5.75 Å². The van der Waals surface area contributed by atoms with Crippen molar-refractivity contribution in [1.82, 2.24) is 19.9 Å². The van der Waals surface area contributed by atoms with Gasteiger partial charge in [0.2, 0.25) is 0 Å². The van der Waals surface area contributed by atoms with Gasteiger partial charge in [0.15, 0.2) is 11.0 Å². The van der Waals surface area contributed by atoms with Gasteiger partial charge in [-0.15, -0.1) is 0 Å². The molecule has 2 aromatic heterocycles. The predicted octanol–water partition coefficient (Wildman–Crippen LogP) is 4.42. The fraction of sp³-hybridized carbons (Fsp3) is 0.105. The summed E-state index contributed by atoms with van der Waals surface area (Å²) in [7, 11) is 1.66. The number of benzene rings is 2. The SMILES string of the molecule is COc1ccc(-c2cc(-c3nc4ccccc4[nH]3)nc(SC)n2)cc1. The summed E-state index contributed by atoms with van der Waals surface area (Å²) >= 11 is 1.51. The van der Waals surface area contributed by atoms with Crippen LogP contribution in [-0.4, -0.2) is 33.3 Å². The van der Waals surface area contributed by atoms with Gasteiger partial charge in [-0.2, -0.15) is 0 Å². The average Bonchev–Trinajstić information content (AvgIpc) is 3.12. The van der Waals surface area contributed by atoms with Crippen LogP contribution in [0.4, 0.5) is 0 Å². The number of nitrogens with one attached hydrogen (secondary N) is 1. The quantitative estimate of drug-likeness (QED) is 0.437. The fourth-order valence-corrected chi connectivity index (χ4v) is 3.00. The Hall–Kier alpha value is -2.86. The van der Waals surface area contributed by atoms with Crippen LogP contribution in [0.15, 0.2) is 59.8 Å². The number of hydrogen-bond acceptors (Lipinski definition) is 5. The van der Waals surface area contributed by atoms with Gasteiger partial charge in [0.05, 0.1) is 23.8 Å². The topological polar surface area (TPSA) is 63.7 Å². The summed E-state index contributed by atoms with van der Waals surface area (Å²) in [5.41, 5.74) is 4.57. The molecule has 6 heteroatoms. The van der Waals surface area contributed by atoms with Gasteiger partial charge in [-0.05, 0) is 48.7 Å². The molecule has 124 valence electrons. The lowest BCUT2D eigenvalue weighted by Crippen LogP contribution is -1.95. The van der Waals surface area contributed by atoms with Crippen LogP contribution in [0.2, 0.25) is 0 Å². The van der Waals surface area contributed by atoms with E-state index in [0.29, 0.717) is 5.16 Å². The molecule has 0 atom stereocenters. The minimum Gasteiger partial charge on any atom is -0.497 e. The number of hydrogen-bond donors (Lipinski definition) is 1. The Morgan fingerprint density at radius 3 is 2.40 bits per heavy atom. The molecular formula is C19H16N4OS. The molecule has 0 aliphatic carbocycles. The van der Waals surface area contributed by atoms with Crippen molar-refractivity contribution in [2.24, 2.45) is 0 Å². The number of aromatic nitrogens is 4. The maximum Gasteiger partial charge on any atom is 0.188 e. The summed E-state index contributed by atoms with van der Waals surface area (Å²) in [4.78, 5) is 17.2. The van der Waals surface area contributed by atoms with Gasteiger partial charge in [0.25, 0.3) is 0 Å². The lowest BCUT2D eigenvalue weighted by atomic mass is 10.1. The van der Waals surface area contributed by atoms with E-state index in [9.17, 15) is 0 Å². The fourth-order valence-electron chi connectivity index (χ4n) is 2.62. The number of ether oxygens (including phenoxy) is 1. The van der Waals surface area contributed by atoms with Crippen LogP contribution in [0.1, 0.15) is 0 Å². The zero-order chi connectivity index (χ0) is 17.2. The molecule has 4 aromatic rings. The Kier molecular flexibility index (Phi) is 4.11. The first-order chi connectivity index (χ1) is 12.3. The minimum atomic E-state index is 0.712. The molecule has 0 amide bonds. The maximum absolute atomic E-state index is 5.22. The molecular weight excluding hydrogens is 332 g/mol. The molecule has 0 spiro atoms. The molecule has 25 heavy (non-hydrogen) atoms. The molecule has 0 fully saturated rings. The van der Waals surface area contributed by atoms with E-state index in [0.717, 1.165) is 39.6 Å². The second kappa shape index (κ2) is 6.57. The summed E-state index contributed by atoms with van der Waals surface area (Å²) in [6.07, 6.45) is 1.97. The first kappa shape index (κ1) is 15.7. The summed E-state index contributed by atoms with van der Waals surface area (Å²) in [6.45, 7) is 0. The van der Waals surface area contributed by atoms with Crippen molar-refractivity contribution in [2.45, 2.75) is 5.16 Å². The number of nitrogens with zero attached hydrogens (tertiary/aromatic N) is 3. The molecule has 0 radical (unpaired) electrons. The Balaban J connectivity index is 1.82. The Morgan fingerprint density at radius 2 is 1.68 bits per heavy atom. The third kappa shape index (κ3) is 3.08. The molecule has 0 aliphatic heterocycles. The van der Waals surface area contributed by atoms with Crippen LogP contribution in [-0.2, 0) is 0 Å². The van der Waals surface area contributed by atoms with Gasteiger partial charge in [-0.25, -0.2) is 15.0 Å². The van der Waals surface area contributed by atoms with Crippen LogP contribution >= 0.6 is 11.8 Å². The number of fused-ring (bicyclic) bond motifs is 1. The van der Waals surface area contributed by atoms with Crippen LogP contribution in [0.3, 0.4) is 0 Å². The second-order valence-electron chi connectivity index (χ2n) is 5.46. The highest BCUT2D eigenvalue weighted by Crippen LogP contribution is 2.27. The second-order valence-corrected chi connectivity index (χ2v) is 6.23. The Morgan fingerprint density at radius 1 is 0.920 bits per heavy atom. The van der Waals surface area contributed by atoms with Crippen LogP contribution < -0.4 is 4.74 Å². The van der Waals surface area contributed by atoms with E-state index in [1.54, 1.807) is 7.11 Å². The lowest BCUT2D eigenvalue weighted by Gasteiger charge is -2.06. The van der Waals surface area contributed by atoms with Gasteiger partial charge < -0.3 is 9.72 Å². The normalized spacial score (nSPS) is 11.0. The first-order valence-corrected chi connectivity index (χ1v) is 9.02. The molecule has 5 nitrogen and oxygen atoms in total. The molecule has 0 aliphatic rings. The van der Waals surface area contributed by atoms with Crippen molar-refractivity contribution in [1.29, 1.82) is 0 Å². The number of rotatable bonds is 4. The van der Waals surface area contributed by atoms with Gasteiger partial charge in [-0.1, -0.05) is 23.9 Å². The number of H-pyrrole nitrogens is 1. The van der Waals surface area contributed by atoms with Crippen molar-refractivity contribution < 1.29 is 4.74 Å². The van der Waals surface area contributed by atoms with E-state index < -0.39 is 0 Å². The van der Waals surface area contributed by atoms with Crippen molar-refractivity contribution in [3.05, 3.63) is 54.6 Å². The molecule has 0 bridgehead atoms. The van der Waals surface area contributed by atoms with E-state index in [4.69, 9.17) is 4.74 Å². The highest BCUT2D eigenvalue weighted by molar-refractivity contribution is 7.98. The molecule has 0 saturated carbocycles. The Bertz CT molecular complexity index is 994. The molecule has 0 unspecified atom stereocenters. The number of thioether (sulfide) groups is 1. The highest BCUT2D eigenvalue weighted by Gasteiger charge is 2.11. The predicted molar refractivity (Wildman–Crippen MR) is 101 cm³/mol. The highest BCUT2D eigenvalue weighted by atomic mass is 32.2. The van der Waals surface area contributed by atoms with Gasteiger partial charge in [-0.3, -0.25) is 0 Å². The zero-order valence-corrected chi connectivity index (χ0v) is 14.7. The smallest absolute Gasteiger partial charge is 0.188 e. The van der Waals surface area contributed by atoms with E-state index in [1.807, 2.05) is 60.9 Å². The lowest BCUT2D eigenvalue weighted by molar-refractivity contribution is 0.415. The monoisotopic (exact) mass is 348 g/mol. The maximum atomic E-state index is 5.22. The summed E-state index contributed by atoms with van der Waals surface area (Å²) in [5, 5.41) is 0.712. The van der Waals surface area contributed by atoms with E-state index >= 15 is 0 Å². The van der Waals surface area contributed by atoms with Crippen molar-refractivity contribution in [2.75, 3.05) is 13.4 Å². The van der Waals surface area contributed by atoms with E-state index in [2.05, 4.69) is 19.9 Å². The summed E-state index contributed by atoms with van der Waals surface area (Å²) in [5.74, 6) is 1.56. The number of imidazole rings is 1. The molecule has 2 aromatic carbocycles. The van der Waals surface area contributed by atoms with Gasteiger partial charge >= 0.3 is 0 Å². The summed E-state index contributed by atoms with van der Waals surface area (Å²) in [6, 6.07) is 17.8.